The molecule has 3 heterocycles. The molecule has 0 saturated carbocycles. The molecule has 14 nitrogen and oxygen atoms in total. The van der Waals surface area contributed by atoms with Gasteiger partial charge in [-0.15, -0.1) is 11.3 Å². The van der Waals surface area contributed by atoms with Crippen LogP contribution in [0.1, 0.15) is 22.4 Å². The number of hydrogen-bond acceptors (Lipinski definition) is 9. The van der Waals surface area contributed by atoms with Gasteiger partial charge in [0.1, 0.15) is 18.1 Å². The average molecular weight is 725 g/mol. The summed E-state index contributed by atoms with van der Waals surface area (Å²) in [7, 11) is 0. The Morgan fingerprint density at radius 2 is 1.54 bits per heavy atom. The molecular formula is C37H36N6O8S. The summed E-state index contributed by atoms with van der Waals surface area (Å²) in [4.78, 5) is 72.7. The number of nitrogens with zero attached hydrogens (tertiary/aromatic N) is 1. The van der Waals surface area contributed by atoms with E-state index in [2.05, 4.69) is 31.2 Å². The predicted octanol–water partition coefficient (Wildman–Crippen LogP) is 2.28. The summed E-state index contributed by atoms with van der Waals surface area (Å²) >= 11 is 1.49. The highest BCUT2D eigenvalue weighted by Gasteiger charge is 2.31. The number of para-hydroxylation sites is 1. The molecule has 0 bridgehead atoms. The van der Waals surface area contributed by atoms with Crippen LogP contribution in [0.25, 0.3) is 10.1 Å². The summed E-state index contributed by atoms with van der Waals surface area (Å²) in [5.41, 5.74) is 2.63. The number of hydrogen-bond donors (Lipinski definition) is 6. The van der Waals surface area contributed by atoms with Gasteiger partial charge in [-0.25, -0.2) is 9.78 Å². The lowest BCUT2D eigenvalue weighted by Gasteiger charge is -2.25. The number of rotatable bonds is 16. The fraction of sp³-hybridized carbons (Fsp3) is 0.243. The lowest BCUT2D eigenvalue weighted by molar-refractivity contribution is -0.142. The van der Waals surface area contributed by atoms with Crippen LogP contribution in [-0.4, -0.2) is 76.1 Å². The zero-order chi connectivity index (χ0) is 36.5. The molecule has 0 aliphatic carbocycles. The van der Waals surface area contributed by atoms with E-state index in [1.54, 1.807) is 42.5 Å². The van der Waals surface area contributed by atoms with Gasteiger partial charge in [0.15, 0.2) is 11.5 Å². The quantitative estimate of drug-likeness (QED) is 0.0884. The molecule has 0 fully saturated rings. The standard InChI is InChI=1S/C37H36N6O8S/c44-32(15-23-9-6-11-30-34(23)51-21-50-30)39-18-33(45)41-28(14-24-19-52-31-12-5-4-10-26(24)31)36(47)42-27(13-22-7-2-1-3-8-22)35(46)43-29(37(48)49)16-25-17-38-20-40-25/h1-12,17,19-20,27-29H,13-16,18,21H2,(H,38,40)(H,39,44)(H,41,45)(H,42,47)(H,43,46)(H,48,49)/t27-,28+,29+/m1/s1. The Morgan fingerprint density at radius 1 is 0.788 bits per heavy atom. The number of H-pyrrole nitrogens is 1. The van der Waals surface area contributed by atoms with E-state index < -0.39 is 54.3 Å². The third kappa shape index (κ3) is 9.11. The predicted molar refractivity (Wildman–Crippen MR) is 191 cm³/mol. The Hall–Kier alpha value is -6.22. The zero-order valence-corrected chi connectivity index (χ0v) is 28.6. The molecule has 268 valence electrons. The van der Waals surface area contributed by atoms with Crippen molar-refractivity contribution in [3.05, 3.63) is 113 Å². The number of aromatic amines is 1. The van der Waals surface area contributed by atoms with Crippen molar-refractivity contribution in [2.75, 3.05) is 13.3 Å². The van der Waals surface area contributed by atoms with Crippen molar-refractivity contribution in [3.8, 4) is 11.5 Å². The number of benzene rings is 3. The topological polar surface area (TPSA) is 201 Å². The van der Waals surface area contributed by atoms with Crippen molar-refractivity contribution in [1.29, 1.82) is 0 Å². The monoisotopic (exact) mass is 724 g/mol. The largest absolute Gasteiger partial charge is 0.480 e. The summed E-state index contributed by atoms with van der Waals surface area (Å²) in [5, 5.41) is 23.3. The minimum absolute atomic E-state index is 0.0465. The summed E-state index contributed by atoms with van der Waals surface area (Å²) in [6, 6.07) is 18.2. The van der Waals surface area contributed by atoms with Crippen molar-refractivity contribution < 1.29 is 38.6 Å². The summed E-state index contributed by atoms with van der Waals surface area (Å²) < 4.78 is 11.8. The van der Waals surface area contributed by atoms with E-state index in [0.717, 1.165) is 21.2 Å². The number of thiophene rings is 1. The van der Waals surface area contributed by atoms with Crippen molar-refractivity contribution in [2.24, 2.45) is 0 Å². The molecule has 0 spiro atoms. The summed E-state index contributed by atoms with van der Waals surface area (Å²) in [6.45, 7) is -0.361. The smallest absolute Gasteiger partial charge is 0.326 e. The number of imidazole rings is 1. The molecule has 5 aromatic rings. The molecule has 0 saturated heterocycles. The van der Waals surface area contributed by atoms with Gasteiger partial charge in [0, 0.05) is 41.4 Å². The number of nitrogens with one attached hydrogen (secondary N) is 5. The lowest BCUT2D eigenvalue weighted by Crippen LogP contribution is -2.57. The second kappa shape index (κ2) is 16.7. The van der Waals surface area contributed by atoms with Crippen molar-refractivity contribution >= 4 is 51.0 Å². The van der Waals surface area contributed by atoms with Gasteiger partial charge >= 0.3 is 5.97 Å². The second-order valence-corrected chi connectivity index (χ2v) is 13.0. The number of ether oxygens (including phenoxy) is 2. The molecule has 6 rings (SSSR count). The third-order valence-electron chi connectivity index (χ3n) is 8.42. The normalized spacial score (nSPS) is 13.5. The van der Waals surface area contributed by atoms with Gasteiger partial charge in [-0.1, -0.05) is 60.7 Å². The Balaban J connectivity index is 1.18. The number of carboxylic acid groups (broad SMARTS) is 1. The number of carbonyl (C=O) groups is 5. The van der Waals surface area contributed by atoms with Crippen LogP contribution in [0.3, 0.4) is 0 Å². The Morgan fingerprint density at radius 3 is 2.31 bits per heavy atom. The van der Waals surface area contributed by atoms with Gasteiger partial charge in [-0.2, -0.15) is 0 Å². The van der Waals surface area contributed by atoms with Gasteiger partial charge in [0.25, 0.3) is 0 Å². The SMILES string of the molecule is O=C(Cc1cccc2c1OCO2)NCC(=O)N[C@@H](Cc1csc2ccccc12)C(=O)N[C@H](Cc1ccccc1)C(=O)N[C@@H](Cc1cnc[nH]1)C(=O)O. The van der Waals surface area contributed by atoms with Crippen molar-refractivity contribution in [3.63, 3.8) is 0 Å². The first kappa shape index (κ1) is 35.6. The maximum Gasteiger partial charge on any atom is 0.326 e. The lowest BCUT2D eigenvalue weighted by atomic mass is 10.0. The maximum atomic E-state index is 14.1. The van der Waals surface area contributed by atoms with Gasteiger partial charge in [0.2, 0.25) is 30.4 Å². The Labute approximate surface area is 301 Å². The number of carboxylic acids is 1. The molecule has 1 aliphatic heterocycles. The molecule has 3 atom stereocenters. The highest BCUT2D eigenvalue weighted by molar-refractivity contribution is 7.17. The van der Waals surface area contributed by atoms with Gasteiger partial charge < -0.3 is 40.8 Å². The van der Waals surface area contributed by atoms with Gasteiger partial charge in [-0.05, 0) is 34.0 Å². The molecule has 0 radical (unpaired) electrons. The highest BCUT2D eigenvalue weighted by Crippen LogP contribution is 2.35. The molecule has 3 aromatic carbocycles. The molecule has 1 aliphatic rings. The molecule has 0 unspecified atom stereocenters. The minimum Gasteiger partial charge on any atom is -0.480 e. The van der Waals surface area contributed by atoms with E-state index >= 15 is 0 Å². The van der Waals surface area contributed by atoms with Gasteiger partial charge in [0.05, 0.1) is 19.3 Å². The number of amides is 4. The summed E-state index contributed by atoms with van der Waals surface area (Å²) in [5.74, 6) is -2.69. The van der Waals surface area contributed by atoms with E-state index in [1.165, 1.54) is 23.9 Å². The van der Waals surface area contributed by atoms with Gasteiger partial charge in [-0.3, -0.25) is 19.2 Å². The van der Waals surface area contributed by atoms with E-state index in [-0.39, 0.29) is 32.5 Å². The molecule has 52 heavy (non-hydrogen) atoms. The third-order valence-corrected chi connectivity index (χ3v) is 9.43. The molecule has 6 N–H and O–H groups in total. The van der Waals surface area contributed by atoms with Crippen LogP contribution in [-0.2, 0) is 49.7 Å². The molecule has 15 heteroatoms. The number of aliphatic carboxylic acids is 1. The van der Waals surface area contributed by atoms with E-state index in [9.17, 15) is 29.1 Å². The first-order valence-electron chi connectivity index (χ1n) is 16.5. The highest BCUT2D eigenvalue weighted by atomic mass is 32.1. The Bertz CT molecular complexity index is 2050. The number of fused-ring (bicyclic) bond motifs is 2. The van der Waals surface area contributed by atoms with Crippen molar-refractivity contribution in [2.45, 2.75) is 43.8 Å². The van der Waals surface area contributed by atoms with Crippen LogP contribution in [0.5, 0.6) is 11.5 Å². The fourth-order valence-corrected chi connectivity index (χ4v) is 6.81. The molecular weight excluding hydrogens is 689 g/mol. The first-order chi connectivity index (χ1) is 25.2. The second-order valence-electron chi connectivity index (χ2n) is 12.1. The zero-order valence-electron chi connectivity index (χ0n) is 27.8. The Kier molecular flexibility index (Phi) is 11.4. The number of aromatic nitrogens is 2. The maximum absolute atomic E-state index is 14.1. The van der Waals surface area contributed by atoms with Crippen LogP contribution in [0.15, 0.2) is 90.7 Å². The fourth-order valence-electron chi connectivity index (χ4n) is 5.83. The van der Waals surface area contributed by atoms with Crippen LogP contribution in [0.2, 0.25) is 0 Å². The van der Waals surface area contributed by atoms with Crippen LogP contribution < -0.4 is 30.7 Å². The van der Waals surface area contributed by atoms with E-state index in [1.807, 2.05) is 35.7 Å². The van der Waals surface area contributed by atoms with Crippen LogP contribution >= 0.6 is 11.3 Å². The minimum atomic E-state index is -1.31. The number of carbonyl (C=O) groups excluding carboxylic acids is 4. The average Bonchev–Trinajstić information content (AvgIpc) is 3.93. The first-order valence-corrected chi connectivity index (χ1v) is 17.3. The van der Waals surface area contributed by atoms with E-state index in [0.29, 0.717) is 22.8 Å². The van der Waals surface area contributed by atoms with Crippen LogP contribution in [0.4, 0.5) is 0 Å². The van der Waals surface area contributed by atoms with Crippen molar-refractivity contribution in [1.82, 2.24) is 31.2 Å². The molecule has 2 aromatic heterocycles. The van der Waals surface area contributed by atoms with E-state index in [4.69, 9.17) is 9.47 Å². The molecule has 4 amide bonds. The van der Waals surface area contributed by atoms with Crippen LogP contribution in [0, 0.1) is 0 Å². The summed E-state index contributed by atoms with van der Waals surface area (Å²) in [6.07, 6.45) is 2.89.